The summed E-state index contributed by atoms with van der Waals surface area (Å²) in [7, 11) is 1.50. The van der Waals surface area contributed by atoms with Crippen LogP contribution in [0.4, 0.5) is 19.3 Å². The molecule has 106 valence electrons. The van der Waals surface area contributed by atoms with Gasteiger partial charge in [0.1, 0.15) is 5.75 Å². The van der Waals surface area contributed by atoms with Crippen molar-refractivity contribution >= 4 is 11.7 Å². The lowest BCUT2D eigenvalue weighted by Gasteiger charge is -2.22. The molecule has 0 atom stereocenters. The molecule has 1 rings (SSSR count). The van der Waals surface area contributed by atoms with Crippen LogP contribution in [0.15, 0.2) is 24.3 Å². The predicted octanol–water partition coefficient (Wildman–Crippen LogP) is 1.75. The van der Waals surface area contributed by atoms with Crippen LogP contribution in [0.25, 0.3) is 0 Å². The van der Waals surface area contributed by atoms with Gasteiger partial charge in [-0.3, -0.25) is 0 Å². The normalized spacial score (nSPS) is 10.4. The van der Waals surface area contributed by atoms with Crippen LogP contribution >= 0.6 is 0 Å². The van der Waals surface area contributed by atoms with E-state index in [0.717, 1.165) is 4.90 Å². The average molecular weight is 273 g/mol. The predicted molar refractivity (Wildman–Crippen MR) is 68.6 cm³/mol. The third kappa shape index (κ3) is 5.09. The summed E-state index contributed by atoms with van der Waals surface area (Å²) >= 11 is 0. The van der Waals surface area contributed by atoms with Crippen molar-refractivity contribution in [3.8, 4) is 5.75 Å². The summed E-state index contributed by atoms with van der Waals surface area (Å²) in [5.41, 5.74) is 5.77. The van der Waals surface area contributed by atoms with Gasteiger partial charge in [0, 0.05) is 24.8 Å². The molecule has 0 unspecified atom stereocenters. The van der Waals surface area contributed by atoms with Gasteiger partial charge in [-0.2, -0.15) is 0 Å². The largest absolute Gasteiger partial charge is 0.497 e. The van der Waals surface area contributed by atoms with Crippen LogP contribution in [0.1, 0.15) is 0 Å². The third-order valence-electron chi connectivity index (χ3n) is 2.37. The number of halogens is 2. The van der Waals surface area contributed by atoms with E-state index in [9.17, 15) is 13.6 Å². The molecule has 0 aliphatic rings. The Bertz CT molecular complexity index is 416. The van der Waals surface area contributed by atoms with Gasteiger partial charge in [0.2, 0.25) is 0 Å². The molecule has 3 N–H and O–H groups in total. The van der Waals surface area contributed by atoms with Gasteiger partial charge in [0.15, 0.2) is 0 Å². The monoisotopic (exact) mass is 273 g/mol. The number of nitrogens with one attached hydrogen (secondary N) is 1. The van der Waals surface area contributed by atoms with Crippen LogP contribution in [-0.2, 0) is 0 Å². The second-order valence-corrected chi connectivity index (χ2v) is 3.79. The second kappa shape index (κ2) is 7.52. The SMILES string of the molecule is COc1cccc(NC(=O)N(CCN)CC(F)F)c1. The van der Waals surface area contributed by atoms with Crippen LogP contribution in [-0.4, -0.2) is 44.1 Å². The smallest absolute Gasteiger partial charge is 0.322 e. The average Bonchev–Trinajstić information content (AvgIpc) is 2.38. The number of hydrogen-bond acceptors (Lipinski definition) is 3. The lowest BCUT2D eigenvalue weighted by atomic mass is 10.3. The molecule has 0 spiro atoms. The van der Waals surface area contributed by atoms with E-state index >= 15 is 0 Å². The van der Waals surface area contributed by atoms with E-state index in [4.69, 9.17) is 10.5 Å². The van der Waals surface area contributed by atoms with E-state index in [1.807, 2.05) is 0 Å². The standard InChI is InChI=1S/C12H17F2N3O2/c1-19-10-4-2-3-9(7-10)16-12(18)17(6-5-15)8-11(13)14/h2-4,7,11H,5-6,8,15H2,1H3,(H,16,18). The first-order valence-corrected chi connectivity index (χ1v) is 5.75. The van der Waals surface area contributed by atoms with E-state index in [1.54, 1.807) is 24.3 Å². The fourth-order valence-electron chi connectivity index (χ4n) is 1.50. The maximum Gasteiger partial charge on any atom is 0.322 e. The maximum absolute atomic E-state index is 12.3. The first-order valence-electron chi connectivity index (χ1n) is 5.75. The van der Waals surface area contributed by atoms with Crippen LogP contribution in [0, 0.1) is 0 Å². The van der Waals surface area contributed by atoms with Crippen molar-refractivity contribution in [2.75, 3.05) is 32.1 Å². The van der Waals surface area contributed by atoms with E-state index in [1.165, 1.54) is 7.11 Å². The van der Waals surface area contributed by atoms with Crippen molar-refractivity contribution in [3.63, 3.8) is 0 Å². The summed E-state index contributed by atoms with van der Waals surface area (Å²) < 4.78 is 29.7. The van der Waals surface area contributed by atoms with Crippen molar-refractivity contribution in [2.45, 2.75) is 6.43 Å². The van der Waals surface area contributed by atoms with Gasteiger partial charge in [0.25, 0.3) is 6.43 Å². The quantitative estimate of drug-likeness (QED) is 0.829. The molecule has 1 aromatic rings. The minimum absolute atomic E-state index is 0.0696. The molecule has 0 saturated heterocycles. The number of carbonyl (C=O) groups is 1. The van der Waals surface area contributed by atoms with Crippen LogP contribution < -0.4 is 15.8 Å². The number of nitrogens with zero attached hydrogens (tertiary/aromatic N) is 1. The molecule has 0 fully saturated rings. The Kier molecular flexibility index (Phi) is 6.01. The molecule has 0 bridgehead atoms. The first kappa shape index (κ1) is 15.2. The van der Waals surface area contributed by atoms with Crippen molar-refractivity contribution in [1.29, 1.82) is 0 Å². The molecule has 0 heterocycles. The van der Waals surface area contributed by atoms with Crippen molar-refractivity contribution < 1.29 is 18.3 Å². The number of carbonyl (C=O) groups excluding carboxylic acids is 1. The lowest BCUT2D eigenvalue weighted by molar-refractivity contribution is 0.103. The number of nitrogens with two attached hydrogens (primary N) is 1. The zero-order chi connectivity index (χ0) is 14.3. The molecule has 0 saturated carbocycles. The number of rotatable bonds is 6. The molecular weight excluding hydrogens is 256 g/mol. The number of urea groups is 1. The Hall–Kier alpha value is -1.89. The molecule has 19 heavy (non-hydrogen) atoms. The number of ether oxygens (including phenoxy) is 1. The van der Waals surface area contributed by atoms with Crippen LogP contribution in [0.3, 0.4) is 0 Å². The minimum atomic E-state index is -2.59. The third-order valence-corrected chi connectivity index (χ3v) is 2.37. The Morgan fingerprint density at radius 3 is 2.84 bits per heavy atom. The lowest BCUT2D eigenvalue weighted by Crippen LogP contribution is -2.41. The molecule has 0 radical (unpaired) electrons. The van der Waals surface area contributed by atoms with Crippen LogP contribution in [0.5, 0.6) is 5.75 Å². The number of hydrogen-bond donors (Lipinski definition) is 2. The number of alkyl halides is 2. The van der Waals surface area contributed by atoms with Crippen LogP contribution in [0.2, 0.25) is 0 Å². The van der Waals surface area contributed by atoms with Gasteiger partial charge < -0.3 is 20.7 Å². The van der Waals surface area contributed by atoms with Gasteiger partial charge in [-0.05, 0) is 12.1 Å². The summed E-state index contributed by atoms with van der Waals surface area (Å²) in [6.07, 6.45) is -2.59. The molecule has 5 nitrogen and oxygen atoms in total. The fraction of sp³-hybridized carbons (Fsp3) is 0.417. The summed E-state index contributed by atoms with van der Waals surface area (Å²) in [6.45, 7) is -0.453. The molecule has 2 amide bonds. The number of amides is 2. The Morgan fingerprint density at radius 2 is 2.26 bits per heavy atom. The topological polar surface area (TPSA) is 67.6 Å². The first-order chi connectivity index (χ1) is 9.06. The fourth-order valence-corrected chi connectivity index (χ4v) is 1.50. The second-order valence-electron chi connectivity index (χ2n) is 3.79. The van der Waals surface area contributed by atoms with Crippen molar-refractivity contribution in [1.82, 2.24) is 4.90 Å². The van der Waals surface area contributed by atoms with Gasteiger partial charge in [-0.15, -0.1) is 0 Å². The van der Waals surface area contributed by atoms with Gasteiger partial charge in [0.05, 0.1) is 13.7 Å². The summed E-state index contributed by atoms with van der Waals surface area (Å²) in [6, 6.07) is 6.03. The number of benzene rings is 1. The summed E-state index contributed by atoms with van der Waals surface area (Å²) in [5.74, 6) is 0.567. The maximum atomic E-state index is 12.3. The van der Waals surface area contributed by atoms with Crippen molar-refractivity contribution in [2.24, 2.45) is 5.73 Å². The molecule has 7 heteroatoms. The van der Waals surface area contributed by atoms with Gasteiger partial charge in [-0.25, -0.2) is 13.6 Å². The van der Waals surface area contributed by atoms with Crippen molar-refractivity contribution in [3.05, 3.63) is 24.3 Å². The Morgan fingerprint density at radius 1 is 1.53 bits per heavy atom. The highest BCUT2D eigenvalue weighted by Crippen LogP contribution is 2.17. The highest BCUT2D eigenvalue weighted by atomic mass is 19.3. The van der Waals surface area contributed by atoms with E-state index in [0.29, 0.717) is 11.4 Å². The van der Waals surface area contributed by atoms with E-state index in [2.05, 4.69) is 5.32 Å². The molecular formula is C12H17F2N3O2. The Labute approximate surface area is 110 Å². The molecule has 0 aliphatic carbocycles. The van der Waals surface area contributed by atoms with E-state index < -0.39 is 19.0 Å². The zero-order valence-electron chi connectivity index (χ0n) is 10.6. The summed E-state index contributed by atoms with van der Waals surface area (Å²) in [5, 5.41) is 2.52. The molecule has 0 aliphatic heterocycles. The highest BCUT2D eigenvalue weighted by Gasteiger charge is 2.17. The summed E-state index contributed by atoms with van der Waals surface area (Å²) in [4.78, 5) is 12.8. The van der Waals surface area contributed by atoms with Gasteiger partial charge in [-0.1, -0.05) is 6.07 Å². The van der Waals surface area contributed by atoms with E-state index in [-0.39, 0.29) is 13.1 Å². The highest BCUT2D eigenvalue weighted by molar-refractivity contribution is 5.89. The molecule has 0 aromatic heterocycles. The number of anilines is 1. The molecule has 1 aromatic carbocycles. The zero-order valence-corrected chi connectivity index (χ0v) is 10.6. The van der Waals surface area contributed by atoms with Gasteiger partial charge >= 0.3 is 6.03 Å². The minimum Gasteiger partial charge on any atom is -0.497 e. The Balaban J connectivity index is 2.69. The number of methoxy groups -OCH3 is 1.